The maximum Gasteiger partial charge on any atom is 0.295 e. The van der Waals surface area contributed by atoms with Crippen LogP contribution in [0.2, 0.25) is 0 Å². The van der Waals surface area contributed by atoms with Crippen LogP contribution >= 0.6 is 0 Å². The van der Waals surface area contributed by atoms with E-state index in [1.165, 1.54) is 37.6 Å². The SMILES string of the molecule is COc1ccc([N+](=O)[O-])cc1NC(=O)c1cccn(OCc2ccccc2)c1=O. The molecule has 1 heterocycles. The smallest absolute Gasteiger partial charge is 0.295 e. The minimum absolute atomic E-state index is 0.0757. The third-order valence-electron chi connectivity index (χ3n) is 4.01. The molecule has 0 aliphatic carbocycles. The maximum absolute atomic E-state index is 12.6. The molecule has 0 aliphatic heterocycles. The summed E-state index contributed by atoms with van der Waals surface area (Å²) in [7, 11) is 1.36. The van der Waals surface area contributed by atoms with Crippen LogP contribution in [0.4, 0.5) is 11.4 Å². The van der Waals surface area contributed by atoms with Gasteiger partial charge in [-0.15, -0.1) is 0 Å². The molecular formula is C20H17N3O6. The van der Waals surface area contributed by atoms with Crippen molar-refractivity contribution in [2.45, 2.75) is 6.61 Å². The number of rotatable bonds is 7. The summed E-state index contributed by atoms with van der Waals surface area (Å²) in [6.45, 7) is 0.143. The van der Waals surface area contributed by atoms with Gasteiger partial charge in [-0.2, -0.15) is 4.73 Å². The highest BCUT2D eigenvalue weighted by Crippen LogP contribution is 2.29. The number of carbonyl (C=O) groups excluding carboxylic acids is 1. The number of methoxy groups -OCH3 is 1. The fraction of sp³-hybridized carbons (Fsp3) is 0.100. The fourth-order valence-corrected chi connectivity index (χ4v) is 2.56. The Morgan fingerprint density at radius 2 is 1.90 bits per heavy atom. The van der Waals surface area contributed by atoms with Gasteiger partial charge in [-0.1, -0.05) is 30.3 Å². The van der Waals surface area contributed by atoms with Crippen LogP contribution in [-0.4, -0.2) is 22.7 Å². The minimum atomic E-state index is -0.744. The van der Waals surface area contributed by atoms with Gasteiger partial charge in [0.25, 0.3) is 17.2 Å². The van der Waals surface area contributed by atoms with E-state index in [9.17, 15) is 19.7 Å². The number of benzene rings is 2. The summed E-state index contributed by atoms with van der Waals surface area (Å²) in [6.07, 6.45) is 1.40. The molecule has 0 fully saturated rings. The zero-order chi connectivity index (χ0) is 20.8. The van der Waals surface area contributed by atoms with Crippen LogP contribution in [-0.2, 0) is 6.61 Å². The first-order chi connectivity index (χ1) is 14.0. The number of aromatic nitrogens is 1. The van der Waals surface area contributed by atoms with Gasteiger partial charge in [0.1, 0.15) is 17.9 Å². The Bertz CT molecular complexity index is 1090. The van der Waals surface area contributed by atoms with Gasteiger partial charge in [0.05, 0.1) is 17.7 Å². The van der Waals surface area contributed by atoms with Gasteiger partial charge in [0.2, 0.25) is 0 Å². The van der Waals surface area contributed by atoms with Gasteiger partial charge in [-0.05, 0) is 23.8 Å². The van der Waals surface area contributed by atoms with E-state index >= 15 is 0 Å². The van der Waals surface area contributed by atoms with E-state index in [0.717, 1.165) is 16.4 Å². The lowest BCUT2D eigenvalue weighted by atomic mass is 10.2. The van der Waals surface area contributed by atoms with Crippen LogP contribution < -0.4 is 20.5 Å². The second-order valence-electron chi connectivity index (χ2n) is 5.91. The molecule has 0 radical (unpaired) electrons. The molecule has 0 spiro atoms. The Morgan fingerprint density at radius 3 is 2.59 bits per heavy atom. The van der Waals surface area contributed by atoms with Gasteiger partial charge < -0.3 is 14.9 Å². The van der Waals surface area contributed by atoms with Crippen molar-refractivity contribution in [3.05, 3.63) is 98.5 Å². The van der Waals surface area contributed by atoms with E-state index in [-0.39, 0.29) is 29.3 Å². The number of nitro benzene ring substituents is 1. The van der Waals surface area contributed by atoms with Crippen molar-refractivity contribution < 1.29 is 19.3 Å². The third-order valence-corrected chi connectivity index (χ3v) is 4.01. The molecule has 0 unspecified atom stereocenters. The lowest BCUT2D eigenvalue weighted by molar-refractivity contribution is -0.384. The number of non-ortho nitro benzene ring substituents is 1. The topological polar surface area (TPSA) is 113 Å². The summed E-state index contributed by atoms with van der Waals surface area (Å²) in [5.74, 6) is -0.521. The number of hydrogen-bond donors (Lipinski definition) is 1. The molecule has 0 bridgehead atoms. The highest BCUT2D eigenvalue weighted by atomic mass is 16.7. The largest absolute Gasteiger partial charge is 0.495 e. The van der Waals surface area contributed by atoms with Crippen LogP contribution in [0.1, 0.15) is 15.9 Å². The molecule has 9 nitrogen and oxygen atoms in total. The first-order valence-electron chi connectivity index (χ1n) is 8.52. The van der Waals surface area contributed by atoms with Gasteiger partial charge in [-0.25, -0.2) is 0 Å². The highest BCUT2D eigenvalue weighted by molar-refractivity contribution is 6.04. The number of ether oxygens (including phenoxy) is 1. The summed E-state index contributed by atoms with van der Waals surface area (Å²) in [5, 5.41) is 13.5. The van der Waals surface area contributed by atoms with Crippen LogP contribution in [0.5, 0.6) is 5.75 Å². The molecular weight excluding hydrogens is 378 g/mol. The van der Waals surface area contributed by atoms with Crippen molar-refractivity contribution >= 4 is 17.3 Å². The van der Waals surface area contributed by atoms with Gasteiger partial charge in [-0.3, -0.25) is 19.7 Å². The van der Waals surface area contributed by atoms with E-state index in [0.29, 0.717) is 0 Å². The molecule has 0 atom stereocenters. The fourth-order valence-electron chi connectivity index (χ4n) is 2.56. The number of nitro groups is 1. The molecule has 9 heteroatoms. The van der Waals surface area contributed by atoms with E-state index in [2.05, 4.69) is 5.32 Å². The Labute approximate surface area is 165 Å². The number of nitrogens with one attached hydrogen (secondary N) is 1. The van der Waals surface area contributed by atoms with E-state index in [1.54, 1.807) is 0 Å². The van der Waals surface area contributed by atoms with Crippen LogP contribution in [0.3, 0.4) is 0 Å². The number of pyridine rings is 1. The first-order valence-corrected chi connectivity index (χ1v) is 8.52. The van der Waals surface area contributed by atoms with Crippen molar-refractivity contribution in [1.82, 2.24) is 4.73 Å². The highest BCUT2D eigenvalue weighted by Gasteiger charge is 2.17. The average molecular weight is 395 g/mol. The molecule has 1 N–H and O–H groups in total. The summed E-state index contributed by atoms with van der Waals surface area (Å²) >= 11 is 0. The van der Waals surface area contributed by atoms with Crippen LogP contribution in [0.15, 0.2) is 71.7 Å². The minimum Gasteiger partial charge on any atom is -0.495 e. The molecule has 1 amide bonds. The Kier molecular flexibility index (Phi) is 5.88. The predicted molar refractivity (Wildman–Crippen MR) is 105 cm³/mol. The van der Waals surface area contributed by atoms with Crippen LogP contribution in [0, 0.1) is 10.1 Å². The number of anilines is 1. The summed E-state index contributed by atoms with van der Waals surface area (Å²) in [4.78, 5) is 41.0. The molecule has 148 valence electrons. The average Bonchev–Trinajstić information content (AvgIpc) is 2.73. The molecule has 0 saturated carbocycles. The second-order valence-corrected chi connectivity index (χ2v) is 5.91. The van der Waals surface area contributed by atoms with Crippen molar-refractivity contribution in [2.24, 2.45) is 0 Å². The van der Waals surface area contributed by atoms with Gasteiger partial charge >= 0.3 is 0 Å². The number of hydrogen-bond acceptors (Lipinski definition) is 6. The van der Waals surface area contributed by atoms with Crippen molar-refractivity contribution in [2.75, 3.05) is 12.4 Å². The monoisotopic (exact) mass is 395 g/mol. The summed E-state index contributed by atoms with van der Waals surface area (Å²) in [6, 6.07) is 15.8. The third kappa shape index (κ3) is 4.59. The van der Waals surface area contributed by atoms with E-state index in [4.69, 9.17) is 9.57 Å². The Balaban J connectivity index is 1.82. The summed E-state index contributed by atoms with van der Waals surface area (Å²) < 4.78 is 6.08. The second kappa shape index (κ2) is 8.70. The van der Waals surface area contributed by atoms with Crippen LogP contribution in [0.25, 0.3) is 0 Å². The van der Waals surface area contributed by atoms with Gasteiger partial charge in [0, 0.05) is 18.3 Å². The first kappa shape index (κ1) is 19.6. The molecule has 3 rings (SSSR count). The molecule has 2 aromatic carbocycles. The Morgan fingerprint density at radius 1 is 1.14 bits per heavy atom. The zero-order valence-corrected chi connectivity index (χ0v) is 15.4. The van der Waals surface area contributed by atoms with Crippen molar-refractivity contribution in [3.63, 3.8) is 0 Å². The lowest BCUT2D eigenvalue weighted by Crippen LogP contribution is -2.32. The van der Waals surface area contributed by atoms with Crippen molar-refractivity contribution in [3.8, 4) is 5.75 Å². The van der Waals surface area contributed by atoms with Gasteiger partial charge in [0.15, 0.2) is 0 Å². The maximum atomic E-state index is 12.6. The van der Waals surface area contributed by atoms with Crippen molar-refractivity contribution in [1.29, 1.82) is 0 Å². The molecule has 0 saturated heterocycles. The molecule has 0 aliphatic rings. The number of carbonyl (C=O) groups is 1. The predicted octanol–water partition coefficient (Wildman–Crippen LogP) is 2.65. The Hall–Kier alpha value is -4.14. The van der Waals surface area contributed by atoms with E-state index < -0.39 is 16.4 Å². The molecule has 1 aromatic heterocycles. The summed E-state index contributed by atoms with van der Waals surface area (Å²) in [5.41, 5.74) is -0.139. The standard InChI is InChI=1S/C20H17N3O6/c1-28-18-10-9-15(23(26)27)12-17(18)21-19(24)16-8-5-11-22(20(16)25)29-13-14-6-3-2-4-7-14/h2-12H,13H2,1H3,(H,21,24). The quantitative estimate of drug-likeness (QED) is 0.486. The zero-order valence-electron chi connectivity index (χ0n) is 15.4. The lowest BCUT2D eigenvalue weighted by Gasteiger charge is -2.12. The number of amides is 1. The van der Waals surface area contributed by atoms with E-state index in [1.807, 2.05) is 30.3 Å². The molecule has 3 aromatic rings. The molecule has 29 heavy (non-hydrogen) atoms. The normalized spacial score (nSPS) is 10.2. The number of nitrogens with zero attached hydrogens (tertiary/aromatic N) is 2.